The van der Waals surface area contributed by atoms with Crippen molar-refractivity contribution in [3.8, 4) is 5.75 Å². The molecule has 1 aliphatic rings. The number of para-hydroxylation sites is 1. The summed E-state index contributed by atoms with van der Waals surface area (Å²) in [6.07, 6.45) is 2.50. The van der Waals surface area contributed by atoms with Crippen LogP contribution < -0.4 is 10.1 Å². The number of likely N-dealkylation sites (N-methyl/N-ethyl adjacent to an activating group) is 1. The summed E-state index contributed by atoms with van der Waals surface area (Å²) in [5.74, 6) is 1.83. The van der Waals surface area contributed by atoms with E-state index in [0.29, 0.717) is 5.41 Å². The van der Waals surface area contributed by atoms with Crippen LogP contribution in [0.2, 0.25) is 0 Å². The fourth-order valence-corrected chi connectivity index (χ4v) is 3.38. The van der Waals surface area contributed by atoms with E-state index in [0.717, 1.165) is 18.2 Å². The van der Waals surface area contributed by atoms with E-state index >= 15 is 0 Å². The standard InChI is InChI=1S/C17H27NO/c1-16(2,3)13-10-17(11-13,12-18-4)14-8-6-7-9-15(14)19-5/h6-9,13,18H,10-12H2,1-5H3. The van der Waals surface area contributed by atoms with Crippen molar-refractivity contribution >= 4 is 0 Å². The molecule has 1 aromatic rings. The average Bonchev–Trinajstić information content (AvgIpc) is 2.32. The zero-order valence-corrected chi connectivity index (χ0v) is 12.9. The summed E-state index contributed by atoms with van der Waals surface area (Å²) in [5, 5.41) is 3.38. The van der Waals surface area contributed by atoms with Crippen molar-refractivity contribution < 1.29 is 4.74 Å². The SMILES string of the molecule is CNCC1(c2ccccc2OC)CC(C(C)(C)C)C1. The molecule has 106 valence electrons. The zero-order chi connectivity index (χ0) is 14.1. The Balaban J connectivity index is 2.28. The van der Waals surface area contributed by atoms with Gasteiger partial charge in [-0.25, -0.2) is 0 Å². The highest BCUT2D eigenvalue weighted by Crippen LogP contribution is 2.55. The van der Waals surface area contributed by atoms with E-state index in [9.17, 15) is 0 Å². The molecule has 1 N–H and O–H groups in total. The fraction of sp³-hybridized carbons (Fsp3) is 0.647. The molecule has 2 rings (SSSR count). The van der Waals surface area contributed by atoms with Gasteiger partial charge in [-0.1, -0.05) is 39.0 Å². The second-order valence-electron chi connectivity index (χ2n) is 6.98. The molecule has 0 bridgehead atoms. The van der Waals surface area contributed by atoms with Crippen LogP contribution in [-0.2, 0) is 5.41 Å². The Morgan fingerprint density at radius 2 is 1.89 bits per heavy atom. The molecule has 0 aromatic heterocycles. The Kier molecular flexibility index (Phi) is 3.91. The molecular weight excluding hydrogens is 234 g/mol. The van der Waals surface area contributed by atoms with E-state index in [1.807, 2.05) is 7.05 Å². The third-order valence-corrected chi connectivity index (χ3v) is 4.69. The van der Waals surface area contributed by atoms with Crippen LogP contribution in [0.4, 0.5) is 0 Å². The van der Waals surface area contributed by atoms with Gasteiger partial charge in [0.2, 0.25) is 0 Å². The topological polar surface area (TPSA) is 21.3 Å². The van der Waals surface area contributed by atoms with Crippen LogP contribution in [0.25, 0.3) is 0 Å². The van der Waals surface area contributed by atoms with Crippen LogP contribution in [0.15, 0.2) is 24.3 Å². The van der Waals surface area contributed by atoms with Gasteiger partial charge in [-0.2, -0.15) is 0 Å². The van der Waals surface area contributed by atoms with E-state index in [2.05, 4.69) is 50.4 Å². The van der Waals surface area contributed by atoms with Crippen molar-refractivity contribution in [3.05, 3.63) is 29.8 Å². The van der Waals surface area contributed by atoms with Crippen molar-refractivity contribution in [1.29, 1.82) is 0 Å². The van der Waals surface area contributed by atoms with Crippen LogP contribution in [0.3, 0.4) is 0 Å². The summed E-state index contributed by atoms with van der Waals surface area (Å²) in [6.45, 7) is 8.08. The summed E-state index contributed by atoms with van der Waals surface area (Å²) < 4.78 is 5.57. The molecule has 0 atom stereocenters. The molecule has 2 nitrogen and oxygen atoms in total. The minimum Gasteiger partial charge on any atom is -0.496 e. The Hall–Kier alpha value is -1.02. The Labute approximate surface area is 117 Å². The van der Waals surface area contributed by atoms with Crippen molar-refractivity contribution in [3.63, 3.8) is 0 Å². The first-order chi connectivity index (χ1) is 8.93. The highest BCUT2D eigenvalue weighted by molar-refractivity contribution is 5.42. The zero-order valence-electron chi connectivity index (χ0n) is 12.9. The number of methoxy groups -OCH3 is 1. The maximum Gasteiger partial charge on any atom is 0.122 e. The second-order valence-corrected chi connectivity index (χ2v) is 6.98. The number of benzene rings is 1. The number of hydrogen-bond donors (Lipinski definition) is 1. The lowest BCUT2D eigenvalue weighted by Crippen LogP contribution is -2.51. The van der Waals surface area contributed by atoms with Gasteiger partial charge in [-0.3, -0.25) is 0 Å². The molecule has 0 saturated heterocycles. The third-order valence-electron chi connectivity index (χ3n) is 4.69. The predicted molar refractivity (Wildman–Crippen MR) is 80.8 cm³/mol. The minimum absolute atomic E-state index is 0.249. The molecule has 1 aliphatic carbocycles. The van der Waals surface area contributed by atoms with Crippen LogP contribution in [0.1, 0.15) is 39.2 Å². The summed E-state index contributed by atoms with van der Waals surface area (Å²) in [5.41, 5.74) is 2.02. The van der Waals surface area contributed by atoms with Crippen LogP contribution in [-0.4, -0.2) is 20.7 Å². The molecule has 1 aromatic carbocycles. The Morgan fingerprint density at radius 1 is 1.26 bits per heavy atom. The van der Waals surface area contributed by atoms with Gasteiger partial charge < -0.3 is 10.1 Å². The van der Waals surface area contributed by atoms with Crippen molar-refractivity contribution in [2.75, 3.05) is 20.7 Å². The molecule has 1 fully saturated rings. The van der Waals surface area contributed by atoms with Gasteiger partial charge in [0.05, 0.1) is 7.11 Å². The van der Waals surface area contributed by atoms with Crippen LogP contribution >= 0.6 is 0 Å². The third kappa shape index (κ3) is 2.64. The molecule has 0 radical (unpaired) electrons. The first-order valence-electron chi connectivity index (χ1n) is 7.21. The maximum absolute atomic E-state index is 5.57. The first-order valence-corrected chi connectivity index (χ1v) is 7.21. The normalized spacial score (nSPS) is 26.9. The highest BCUT2D eigenvalue weighted by atomic mass is 16.5. The lowest BCUT2D eigenvalue weighted by Gasteiger charge is -2.53. The van der Waals surface area contributed by atoms with Gasteiger partial charge in [0.1, 0.15) is 5.75 Å². The smallest absolute Gasteiger partial charge is 0.122 e. The molecule has 2 heteroatoms. The second kappa shape index (κ2) is 5.16. The molecule has 0 spiro atoms. The number of ether oxygens (including phenoxy) is 1. The average molecular weight is 261 g/mol. The number of rotatable bonds is 4. The van der Waals surface area contributed by atoms with E-state index in [4.69, 9.17) is 4.74 Å². The lowest BCUT2D eigenvalue weighted by molar-refractivity contribution is 0.0445. The van der Waals surface area contributed by atoms with Gasteiger partial charge in [0, 0.05) is 17.5 Å². The number of hydrogen-bond acceptors (Lipinski definition) is 2. The van der Waals surface area contributed by atoms with Crippen molar-refractivity contribution in [2.24, 2.45) is 11.3 Å². The van der Waals surface area contributed by atoms with E-state index in [1.54, 1.807) is 7.11 Å². The molecule has 1 saturated carbocycles. The quantitative estimate of drug-likeness (QED) is 0.894. The van der Waals surface area contributed by atoms with Crippen molar-refractivity contribution in [1.82, 2.24) is 5.32 Å². The van der Waals surface area contributed by atoms with Gasteiger partial charge in [-0.05, 0) is 37.3 Å². The highest BCUT2D eigenvalue weighted by Gasteiger charge is 2.49. The summed E-state index contributed by atoms with van der Waals surface area (Å²) in [7, 11) is 3.81. The summed E-state index contributed by atoms with van der Waals surface area (Å²) >= 11 is 0. The van der Waals surface area contributed by atoms with Crippen LogP contribution in [0.5, 0.6) is 5.75 Å². The fourth-order valence-electron chi connectivity index (χ4n) is 3.38. The number of nitrogens with one attached hydrogen (secondary N) is 1. The molecule has 0 amide bonds. The van der Waals surface area contributed by atoms with Crippen LogP contribution in [0, 0.1) is 11.3 Å². The summed E-state index contributed by atoms with van der Waals surface area (Å²) in [6, 6.07) is 8.49. The molecule has 0 heterocycles. The predicted octanol–water partition coefficient (Wildman–Crippen LogP) is 3.61. The maximum atomic E-state index is 5.57. The van der Waals surface area contributed by atoms with Gasteiger partial charge in [-0.15, -0.1) is 0 Å². The Bertz CT molecular complexity index is 427. The Morgan fingerprint density at radius 3 is 2.42 bits per heavy atom. The molecular formula is C17H27NO. The first kappa shape index (κ1) is 14.4. The monoisotopic (exact) mass is 261 g/mol. The largest absolute Gasteiger partial charge is 0.496 e. The van der Waals surface area contributed by atoms with Gasteiger partial charge >= 0.3 is 0 Å². The van der Waals surface area contributed by atoms with Crippen molar-refractivity contribution in [2.45, 2.75) is 39.0 Å². The summed E-state index contributed by atoms with van der Waals surface area (Å²) in [4.78, 5) is 0. The van der Waals surface area contributed by atoms with E-state index in [-0.39, 0.29) is 5.41 Å². The molecule has 19 heavy (non-hydrogen) atoms. The van der Waals surface area contributed by atoms with E-state index < -0.39 is 0 Å². The van der Waals surface area contributed by atoms with Gasteiger partial charge in [0.25, 0.3) is 0 Å². The molecule has 0 unspecified atom stereocenters. The molecule has 0 aliphatic heterocycles. The van der Waals surface area contributed by atoms with Gasteiger partial charge in [0.15, 0.2) is 0 Å². The minimum atomic E-state index is 0.249. The lowest BCUT2D eigenvalue weighted by atomic mass is 9.52. The van der Waals surface area contributed by atoms with E-state index in [1.165, 1.54) is 18.4 Å².